The quantitative estimate of drug-likeness (QED) is 0.814. The van der Waals surface area contributed by atoms with Gasteiger partial charge >= 0.3 is 12.1 Å². The molecule has 0 amide bonds. The molecular formula is C16H12ClF3O3. The predicted molar refractivity (Wildman–Crippen MR) is 78.9 cm³/mol. The molecule has 2 aromatic carbocycles. The van der Waals surface area contributed by atoms with Crippen LogP contribution in [-0.2, 0) is 17.4 Å². The Bertz CT molecular complexity index is 697. The van der Waals surface area contributed by atoms with Gasteiger partial charge in [0.1, 0.15) is 11.5 Å². The van der Waals surface area contributed by atoms with Crippen molar-refractivity contribution in [2.45, 2.75) is 19.0 Å². The number of carboxylic acid groups (broad SMARTS) is 1. The third-order valence-electron chi connectivity index (χ3n) is 3.04. The molecule has 122 valence electrons. The van der Waals surface area contributed by atoms with Gasteiger partial charge in [-0.05, 0) is 42.3 Å². The number of carboxylic acids is 1. The van der Waals surface area contributed by atoms with Crippen molar-refractivity contribution in [2.75, 3.05) is 0 Å². The SMILES string of the molecule is O=C(O)CCc1ccc(Oc2ccc(C(F)(F)F)cc2Cl)cc1. The van der Waals surface area contributed by atoms with E-state index < -0.39 is 17.7 Å². The average molecular weight is 345 g/mol. The Kier molecular flexibility index (Phi) is 5.15. The maximum absolute atomic E-state index is 12.6. The summed E-state index contributed by atoms with van der Waals surface area (Å²) in [7, 11) is 0. The van der Waals surface area contributed by atoms with Crippen molar-refractivity contribution in [3.8, 4) is 11.5 Å². The van der Waals surface area contributed by atoms with Crippen LogP contribution in [0.1, 0.15) is 17.5 Å². The lowest BCUT2D eigenvalue weighted by Gasteiger charge is -2.11. The molecule has 2 aromatic rings. The van der Waals surface area contributed by atoms with Gasteiger partial charge in [-0.3, -0.25) is 4.79 Å². The summed E-state index contributed by atoms with van der Waals surface area (Å²) >= 11 is 5.81. The maximum atomic E-state index is 12.6. The van der Waals surface area contributed by atoms with Crippen LogP contribution in [0.2, 0.25) is 5.02 Å². The van der Waals surface area contributed by atoms with Crippen molar-refractivity contribution >= 4 is 17.6 Å². The normalized spacial score (nSPS) is 11.3. The zero-order valence-electron chi connectivity index (χ0n) is 11.7. The van der Waals surface area contributed by atoms with Crippen LogP contribution in [0, 0.1) is 0 Å². The number of rotatable bonds is 5. The van der Waals surface area contributed by atoms with Crippen LogP contribution in [0.5, 0.6) is 11.5 Å². The number of ether oxygens (including phenoxy) is 1. The molecule has 0 saturated heterocycles. The van der Waals surface area contributed by atoms with E-state index in [4.69, 9.17) is 21.4 Å². The molecule has 0 spiro atoms. The highest BCUT2D eigenvalue weighted by Crippen LogP contribution is 2.36. The van der Waals surface area contributed by atoms with Crippen LogP contribution >= 0.6 is 11.6 Å². The fourth-order valence-electron chi connectivity index (χ4n) is 1.86. The van der Waals surface area contributed by atoms with Crippen molar-refractivity contribution in [3.63, 3.8) is 0 Å². The van der Waals surface area contributed by atoms with E-state index in [1.807, 2.05) is 0 Å². The highest BCUT2D eigenvalue weighted by atomic mass is 35.5. The standard InChI is InChI=1S/C16H12ClF3O3/c17-13-9-11(16(18,19)20)4-7-14(13)23-12-5-1-10(2-6-12)3-8-15(21)22/h1-2,4-7,9H,3,8H2,(H,21,22). The van der Waals surface area contributed by atoms with Gasteiger partial charge in [-0.25, -0.2) is 0 Å². The minimum atomic E-state index is -4.46. The molecule has 0 aliphatic heterocycles. The van der Waals surface area contributed by atoms with Crippen LogP contribution in [0.3, 0.4) is 0 Å². The first kappa shape index (κ1) is 17.1. The Hall–Kier alpha value is -2.21. The minimum absolute atomic E-state index is 0.0188. The number of alkyl halides is 3. The average Bonchev–Trinajstić information content (AvgIpc) is 2.47. The van der Waals surface area contributed by atoms with Gasteiger partial charge in [-0.1, -0.05) is 23.7 Å². The van der Waals surface area contributed by atoms with E-state index >= 15 is 0 Å². The highest BCUT2D eigenvalue weighted by Gasteiger charge is 2.31. The number of hydrogen-bond donors (Lipinski definition) is 1. The predicted octanol–water partition coefficient (Wildman–Crippen LogP) is 5.17. The van der Waals surface area contributed by atoms with Crippen LogP contribution in [0.15, 0.2) is 42.5 Å². The molecule has 0 atom stereocenters. The third-order valence-corrected chi connectivity index (χ3v) is 3.33. The Morgan fingerprint density at radius 3 is 2.30 bits per heavy atom. The zero-order chi connectivity index (χ0) is 17.0. The monoisotopic (exact) mass is 344 g/mol. The highest BCUT2D eigenvalue weighted by molar-refractivity contribution is 6.32. The molecule has 0 aliphatic rings. The summed E-state index contributed by atoms with van der Waals surface area (Å²) in [6.45, 7) is 0. The second-order valence-corrected chi connectivity index (χ2v) is 5.19. The lowest BCUT2D eigenvalue weighted by Crippen LogP contribution is -2.04. The third kappa shape index (κ3) is 4.89. The van der Waals surface area contributed by atoms with Gasteiger partial charge in [0, 0.05) is 6.42 Å². The molecule has 0 unspecified atom stereocenters. The van der Waals surface area contributed by atoms with E-state index in [1.54, 1.807) is 24.3 Å². The Labute approximate surface area is 135 Å². The molecule has 0 fully saturated rings. The lowest BCUT2D eigenvalue weighted by molar-refractivity contribution is -0.138. The van der Waals surface area contributed by atoms with E-state index in [0.717, 1.165) is 23.8 Å². The van der Waals surface area contributed by atoms with Crippen LogP contribution in [0.25, 0.3) is 0 Å². The number of benzene rings is 2. The molecule has 0 heterocycles. The van der Waals surface area contributed by atoms with Crippen molar-refractivity contribution in [1.82, 2.24) is 0 Å². The summed E-state index contributed by atoms with van der Waals surface area (Å²) in [4.78, 5) is 10.5. The second kappa shape index (κ2) is 6.91. The Morgan fingerprint density at radius 1 is 1.13 bits per heavy atom. The minimum Gasteiger partial charge on any atom is -0.481 e. The van der Waals surface area contributed by atoms with Gasteiger partial charge in [0.05, 0.1) is 10.6 Å². The number of halogens is 4. The van der Waals surface area contributed by atoms with Gasteiger partial charge in [0.25, 0.3) is 0 Å². The molecular weight excluding hydrogens is 333 g/mol. The molecule has 7 heteroatoms. The van der Waals surface area contributed by atoms with Crippen molar-refractivity contribution < 1.29 is 27.8 Å². The van der Waals surface area contributed by atoms with E-state index in [-0.39, 0.29) is 17.2 Å². The molecule has 0 aliphatic carbocycles. The van der Waals surface area contributed by atoms with Gasteiger partial charge in [0.15, 0.2) is 0 Å². The summed E-state index contributed by atoms with van der Waals surface area (Å²) in [5, 5.41) is 8.47. The van der Waals surface area contributed by atoms with Crippen molar-refractivity contribution in [1.29, 1.82) is 0 Å². The number of aliphatic carboxylic acids is 1. The van der Waals surface area contributed by atoms with Gasteiger partial charge < -0.3 is 9.84 Å². The Balaban J connectivity index is 2.09. The van der Waals surface area contributed by atoms with Crippen LogP contribution < -0.4 is 4.74 Å². The van der Waals surface area contributed by atoms with Crippen molar-refractivity contribution in [3.05, 3.63) is 58.6 Å². The van der Waals surface area contributed by atoms with E-state index in [0.29, 0.717) is 12.2 Å². The second-order valence-electron chi connectivity index (χ2n) is 4.78. The van der Waals surface area contributed by atoms with Gasteiger partial charge in [-0.2, -0.15) is 13.2 Å². The molecule has 0 aromatic heterocycles. The fraction of sp³-hybridized carbons (Fsp3) is 0.188. The van der Waals surface area contributed by atoms with Gasteiger partial charge in [0.2, 0.25) is 0 Å². The number of aryl methyl sites for hydroxylation is 1. The molecule has 0 radical (unpaired) electrons. The zero-order valence-corrected chi connectivity index (χ0v) is 12.5. The topological polar surface area (TPSA) is 46.5 Å². The lowest BCUT2D eigenvalue weighted by atomic mass is 10.1. The van der Waals surface area contributed by atoms with Crippen molar-refractivity contribution in [2.24, 2.45) is 0 Å². The number of hydrogen-bond acceptors (Lipinski definition) is 2. The number of carbonyl (C=O) groups is 1. The first-order valence-electron chi connectivity index (χ1n) is 6.61. The molecule has 0 bridgehead atoms. The largest absolute Gasteiger partial charge is 0.481 e. The summed E-state index contributed by atoms with van der Waals surface area (Å²) in [6.07, 6.45) is -4.06. The fourth-order valence-corrected chi connectivity index (χ4v) is 2.08. The Morgan fingerprint density at radius 2 is 1.78 bits per heavy atom. The van der Waals surface area contributed by atoms with Gasteiger partial charge in [-0.15, -0.1) is 0 Å². The molecule has 0 saturated carbocycles. The molecule has 23 heavy (non-hydrogen) atoms. The summed E-state index contributed by atoms with van der Waals surface area (Å²) in [6, 6.07) is 9.44. The molecule has 1 N–H and O–H groups in total. The van der Waals surface area contributed by atoms with E-state index in [2.05, 4.69) is 0 Å². The smallest absolute Gasteiger partial charge is 0.416 e. The summed E-state index contributed by atoms with van der Waals surface area (Å²) in [5.74, 6) is -0.384. The summed E-state index contributed by atoms with van der Waals surface area (Å²) in [5.41, 5.74) is -0.0304. The first-order chi connectivity index (χ1) is 10.8. The summed E-state index contributed by atoms with van der Waals surface area (Å²) < 4.78 is 43.1. The van der Waals surface area contributed by atoms with E-state index in [1.165, 1.54) is 0 Å². The van der Waals surface area contributed by atoms with Crippen LogP contribution in [0.4, 0.5) is 13.2 Å². The molecule has 3 nitrogen and oxygen atoms in total. The first-order valence-corrected chi connectivity index (χ1v) is 6.99. The molecule has 2 rings (SSSR count). The van der Waals surface area contributed by atoms with Crippen LogP contribution in [-0.4, -0.2) is 11.1 Å². The van der Waals surface area contributed by atoms with E-state index in [9.17, 15) is 18.0 Å². The maximum Gasteiger partial charge on any atom is 0.416 e.